The molecule has 5 aromatic carbocycles. The molecule has 1 aliphatic rings. The summed E-state index contributed by atoms with van der Waals surface area (Å²) in [7, 11) is 0. The van der Waals surface area contributed by atoms with Gasteiger partial charge in [-0.05, 0) is 95.0 Å². The van der Waals surface area contributed by atoms with Gasteiger partial charge in [0.2, 0.25) is 0 Å². The number of para-hydroxylation sites is 2. The van der Waals surface area contributed by atoms with Gasteiger partial charge >= 0.3 is 0 Å². The highest BCUT2D eigenvalue weighted by Crippen LogP contribution is 2.36. The second-order valence-electron chi connectivity index (χ2n) is 14.4. The summed E-state index contributed by atoms with van der Waals surface area (Å²) in [5.74, 6) is 0.870. The van der Waals surface area contributed by atoms with E-state index < -0.39 is 0 Å². The summed E-state index contributed by atoms with van der Waals surface area (Å²) in [4.78, 5) is 8.80. The van der Waals surface area contributed by atoms with Crippen LogP contribution in [0.4, 0.5) is 0 Å². The van der Waals surface area contributed by atoms with Crippen LogP contribution in [0.5, 0.6) is 0 Å². The van der Waals surface area contributed by atoms with E-state index in [9.17, 15) is 0 Å². The molecular weight excluding hydrogens is 645 g/mol. The van der Waals surface area contributed by atoms with E-state index in [0.717, 1.165) is 18.5 Å². The van der Waals surface area contributed by atoms with Crippen LogP contribution in [-0.4, -0.2) is 19.1 Å². The van der Waals surface area contributed by atoms with Gasteiger partial charge < -0.3 is 9.13 Å². The Balaban J connectivity index is 0.812. The zero-order valence-corrected chi connectivity index (χ0v) is 29.6. The maximum atomic E-state index is 4.41. The van der Waals surface area contributed by atoms with E-state index in [-0.39, 0.29) is 0 Å². The molecule has 0 bridgehead atoms. The highest BCUT2D eigenvalue weighted by molar-refractivity contribution is 6.10. The van der Waals surface area contributed by atoms with Gasteiger partial charge in [-0.1, -0.05) is 116 Å². The maximum Gasteiger partial charge on any atom is 0.0571 e. The van der Waals surface area contributed by atoms with Crippen LogP contribution >= 0.6 is 0 Å². The molecule has 53 heavy (non-hydrogen) atoms. The number of hydrogen-bond acceptors (Lipinski definition) is 2. The Labute approximate surface area is 309 Å². The van der Waals surface area contributed by atoms with E-state index in [2.05, 4.69) is 178 Å². The second-order valence-corrected chi connectivity index (χ2v) is 14.4. The van der Waals surface area contributed by atoms with Gasteiger partial charge in [0.15, 0.2) is 0 Å². The van der Waals surface area contributed by atoms with Crippen molar-refractivity contribution in [3.05, 3.63) is 193 Å². The summed E-state index contributed by atoms with van der Waals surface area (Å²) in [6.07, 6.45) is 16.8. The van der Waals surface area contributed by atoms with Crippen molar-refractivity contribution in [2.24, 2.45) is 11.8 Å². The fourth-order valence-electron chi connectivity index (χ4n) is 8.36. The predicted molar refractivity (Wildman–Crippen MR) is 220 cm³/mol. The van der Waals surface area contributed by atoms with Gasteiger partial charge in [0.25, 0.3) is 0 Å². The van der Waals surface area contributed by atoms with Crippen LogP contribution in [0, 0.1) is 11.8 Å². The minimum atomic E-state index is 0.419. The molecule has 4 heterocycles. The molecule has 0 radical (unpaired) electrons. The largest absolute Gasteiger partial charge is 0.309 e. The quantitative estimate of drug-likeness (QED) is 0.168. The molecule has 0 amide bonds. The minimum Gasteiger partial charge on any atom is -0.309 e. The average molecular weight is 683 g/mol. The zero-order chi connectivity index (χ0) is 35.3. The van der Waals surface area contributed by atoms with Crippen molar-refractivity contribution in [1.29, 1.82) is 0 Å². The van der Waals surface area contributed by atoms with Crippen molar-refractivity contribution in [1.82, 2.24) is 19.1 Å². The topological polar surface area (TPSA) is 35.6 Å². The third-order valence-electron chi connectivity index (χ3n) is 11.1. The zero-order valence-electron chi connectivity index (χ0n) is 29.6. The summed E-state index contributed by atoms with van der Waals surface area (Å²) in [5.41, 5.74) is 13.7. The Hall–Kier alpha value is -6.52. The average Bonchev–Trinajstić information content (AvgIpc) is 3.73. The first-order valence-corrected chi connectivity index (χ1v) is 18.5. The molecule has 0 fully saturated rings. The lowest BCUT2D eigenvalue weighted by Gasteiger charge is -2.24. The molecule has 4 aromatic heterocycles. The lowest BCUT2D eigenvalue weighted by Crippen LogP contribution is -2.15. The predicted octanol–water partition coefficient (Wildman–Crippen LogP) is 11.8. The van der Waals surface area contributed by atoms with Crippen LogP contribution in [0.1, 0.15) is 23.6 Å². The van der Waals surface area contributed by atoms with Crippen LogP contribution in [0.15, 0.2) is 176 Å². The molecule has 0 N–H and O–H groups in total. The van der Waals surface area contributed by atoms with Crippen molar-refractivity contribution < 1.29 is 0 Å². The van der Waals surface area contributed by atoms with E-state index in [4.69, 9.17) is 0 Å². The molecule has 0 saturated carbocycles. The van der Waals surface area contributed by atoms with Crippen LogP contribution in [-0.2, 0) is 12.8 Å². The van der Waals surface area contributed by atoms with Gasteiger partial charge in [-0.2, -0.15) is 0 Å². The van der Waals surface area contributed by atoms with Crippen LogP contribution in [0.2, 0.25) is 0 Å². The van der Waals surface area contributed by atoms with E-state index in [0.29, 0.717) is 11.8 Å². The number of rotatable bonds is 7. The first kappa shape index (κ1) is 31.2. The minimum absolute atomic E-state index is 0.419. The Morgan fingerprint density at radius 1 is 0.509 bits per heavy atom. The van der Waals surface area contributed by atoms with Crippen LogP contribution in [0.3, 0.4) is 0 Å². The molecule has 10 rings (SSSR count). The molecule has 9 aromatic rings. The smallest absolute Gasteiger partial charge is 0.0571 e. The number of pyridine rings is 2. The first-order chi connectivity index (χ1) is 26.2. The summed E-state index contributed by atoms with van der Waals surface area (Å²) in [6, 6.07) is 48.6. The van der Waals surface area contributed by atoms with Gasteiger partial charge in [0.1, 0.15) is 0 Å². The van der Waals surface area contributed by atoms with E-state index >= 15 is 0 Å². The van der Waals surface area contributed by atoms with Crippen molar-refractivity contribution in [3.8, 4) is 16.8 Å². The molecule has 2 unspecified atom stereocenters. The monoisotopic (exact) mass is 682 g/mol. The normalized spacial score (nSPS) is 15.8. The van der Waals surface area contributed by atoms with E-state index in [1.165, 1.54) is 77.1 Å². The number of hydrogen-bond donors (Lipinski definition) is 0. The summed E-state index contributed by atoms with van der Waals surface area (Å²) in [6.45, 7) is 2.34. The van der Waals surface area contributed by atoms with E-state index in [1.807, 2.05) is 24.8 Å². The molecule has 2 atom stereocenters. The molecule has 0 spiro atoms. The third kappa shape index (κ3) is 5.55. The first-order valence-electron chi connectivity index (χ1n) is 18.5. The molecule has 0 saturated heterocycles. The van der Waals surface area contributed by atoms with Crippen molar-refractivity contribution >= 4 is 49.3 Å². The van der Waals surface area contributed by atoms with Crippen molar-refractivity contribution in [2.75, 3.05) is 0 Å². The Kier molecular flexibility index (Phi) is 7.61. The summed E-state index contributed by atoms with van der Waals surface area (Å²) in [5, 5.41) is 4.85. The van der Waals surface area contributed by atoms with Crippen molar-refractivity contribution in [3.63, 3.8) is 0 Å². The van der Waals surface area contributed by atoms with Gasteiger partial charge in [-0.15, -0.1) is 0 Å². The van der Waals surface area contributed by atoms with Crippen LogP contribution in [0.25, 0.3) is 66.1 Å². The maximum absolute atomic E-state index is 4.41. The van der Waals surface area contributed by atoms with Gasteiger partial charge in [0.05, 0.1) is 22.1 Å². The molecular formula is C49H38N4. The van der Waals surface area contributed by atoms with Crippen LogP contribution < -0.4 is 0 Å². The number of aromatic nitrogens is 4. The fraction of sp³-hybridized carbons (Fsp3) is 0.102. The van der Waals surface area contributed by atoms with Gasteiger partial charge in [-0.25, -0.2) is 0 Å². The lowest BCUT2D eigenvalue weighted by atomic mass is 9.84. The molecule has 1 aliphatic carbocycles. The highest BCUT2D eigenvalue weighted by atomic mass is 15.0. The lowest BCUT2D eigenvalue weighted by molar-refractivity contribution is 0.504. The standard InChI is InChI=1S/C49H38N4/c1-33-28-41(53-47-9-5-3-7-43(47)45-32-51-27-25-49(45)53)23-20-39(33)30-36-12-18-38(19-13-36)37-16-10-34(11-17-37)29-35-14-21-40(22-15-35)52-46-8-4-2-6-42(46)44-31-50-26-24-48(44)52/h2-28,31-33,39H,29-30H2,1H3. The summed E-state index contributed by atoms with van der Waals surface area (Å²) < 4.78 is 4.72. The molecule has 0 aliphatic heterocycles. The third-order valence-corrected chi connectivity index (χ3v) is 11.1. The highest BCUT2D eigenvalue weighted by Gasteiger charge is 2.21. The van der Waals surface area contributed by atoms with Gasteiger partial charge in [-0.3, -0.25) is 9.97 Å². The number of benzene rings is 5. The SMILES string of the molecule is CC1C=C(n2c3ccccc3c3cnccc32)C=CC1Cc1ccc(-c2ccc(Cc3ccc(-n4c5ccccc5c5cnccc54)cc3)cc2)cc1. The van der Waals surface area contributed by atoms with Gasteiger partial charge in [0, 0.05) is 57.7 Å². The Bertz CT molecular complexity index is 2730. The summed E-state index contributed by atoms with van der Waals surface area (Å²) >= 11 is 0. The second kappa shape index (κ2) is 12.9. The van der Waals surface area contributed by atoms with E-state index in [1.54, 1.807) is 0 Å². The molecule has 254 valence electrons. The Morgan fingerprint density at radius 2 is 1.02 bits per heavy atom. The Morgan fingerprint density at radius 3 is 1.62 bits per heavy atom. The fourth-order valence-corrected chi connectivity index (χ4v) is 8.36. The number of nitrogens with zero attached hydrogens (tertiary/aromatic N) is 4. The number of allylic oxidation sites excluding steroid dienone is 4. The molecule has 4 nitrogen and oxygen atoms in total. The number of fused-ring (bicyclic) bond motifs is 6. The van der Waals surface area contributed by atoms with Crippen molar-refractivity contribution in [2.45, 2.75) is 19.8 Å². The molecule has 4 heteroatoms.